The summed E-state index contributed by atoms with van der Waals surface area (Å²) in [6.45, 7) is 0. The van der Waals surface area contributed by atoms with Crippen LogP contribution in [-0.2, 0) is 4.79 Å². The van der Waals surface area contributed by atoms with Crippen LogP contribution in [0, 0.1) is 0 Å². The van der Waals surface area contributed by atoms with E-state index in [9.17, 15) is 4.79 Å². The van der Waals surface area contributed by atoms with Gasteiger partial charge in [-0.25, -0.2) is 0 Å². The van der Waals surface area contributed by atoms with Crippen molar-refractivity contribution in [3.63, 3.8) is 0 Å². The van der Waals surface area contributed by atoms with E-state index >= 15 is 0 Å². The van der Waals surface area contributed by atoms with E-state index in [1.54, 1.807) is 0 Å². The van der Waals surface area contributed by atoms with Gasteiger partial charge in [-0.2, -0.15) is 0 Å². The molecule has 0 radical (unpaired) electrons. The molecule has 0 rings (SSSR count). The standard InChI is InChI=1S/C4H6Cl3NO/c1-8(3-9)4(6,7)2-5/h3H,2H2,1H3. The van der Waals surface area contributed by atoms with E-state index in [0.29, 0.717) is 6.41 Å². The largest absolute Gasteiger partial charge is 0.316 e. The Morgan fingerprint density at radius 2 is 2.11 bits per heavy atom. The number of carbonyl (C=O) groups is 1. The summed E-state index contributed by atoms with van der Waals surface area (Å²) in [5, 5.41) is 0. The molecule has 0 fully saturated rings. The summed E-state index contributed by atoms with van der Waals surface area (Å²) in [4.78, 5) is 11.1. The Kier molecular flexibility index (Phi) is 3.63. The molecule has 9 heavy (non-hydrogen) atoms. The smallest absolute Gasteiger partial charge is 0.211 e. The van der Waals surface area contributed by atoms with Crippen molar-refractivity contribution >= 4 is 41.2 Å². The van der Waals surface area contributed by atoms with Gasteiger partial charge in [0.1, 0.15) is 0 Å². The molecule has 2 nitrogen and oxygen atoms in total. The van der Waals surface area contributed by atoms with Gasteiger partial charge >= 0.3 is 0 Å². The Bertz CT molecular complexity index is 106. The zero-order valence-corrected chi connectivity index (χ0v) is 7.04. The van der Waals surface area contributed by atoms with Crippen LogP contribution in [0.1, 0.15) is 0 Å². The zero-order chi connectivity index (χ0) is 7.49. The van der Waals surface area contributed by atoms with E-state index < -0.39 is 4.46 Å². The number of halogens is 3. The van der Waals surface area contributed by atoms with Crippen LogP contribution < -0.4 is 0 Å². The lowest BCUT2D eigenvalue weighted by Crippen LogP contribution is -2.36. The van der Waals surface area contributed by atoms with Gasteiger partial charge in [0.15, 0.2) is 0 Å². The van der Waals surface area contributed by atoms with Crippen molar-refractivity contribution in [1.29, 1.82) is 0 Å². The molecule has 54 valence electrons. The first-order chi connectivity index (χ1) is 4.04. The van der Waals surface area contributed by atoms with Gasteiger partial charge < -0.3 is 4.90 Å². The van der Waals surface area contributed by atoms with Gasteiger partial charge in [-0.05, 0) is 0 Å². The van der Waals surface area contributed by atoms with Crippen molar-refractivity contribution in [2.24, 2.45) is 0 Å². The maximum atomic E-state index is 10.0. The summed E-state index contributed by atoms with van der Waals surface area (Å²) in [6, 6.07) is 0. The predicted molar refractivity (Wildman–Crippen MR) is 39.0 cm³/mol. The van der Waals surface area contributed by atoms with E-state index in [-0.39, 0.29) is 5.88 Å². The van der Waals surface area contributed by atoms with E-state index in [1.807, 2.05) is 0 Å². The van der Waals surface area contributed by atoms with E-state index in [4.69, 9.17) is 34.8 Å². The fourth-order valence-corrected chi connectivity index (χ4v) is 0.440. The molecule has 1 amide bonds. The summed E-state index contributed by atoms with van der Waals surface area (Å²) in [6.07, 6.45) is 0.516. The highest BCUT2D eigenvalue weighted by Crippen LogP contribution is 2.24. The number of amides is 1. The average molecular weight is 190 g/mol. The normalized spacial score (nSPS) is 11.1. The summed E-state index contributed by atoms with van der Waals surface area (Å²) in [5.74, 6) is -0.00858. The molecule has 5 heteroatoms. The molecule has 0 saturated heterocycles. The first-order valence-electron chi connectivity index (χ1n) is 2.16. The van der Waals surface area contributed by atoms with Crippen molar-refractivity contribution in [3.05, 3.63) is 0 Å². The average Bonchev–Trinajstić information content (AvgIpc) is 1.86. The van der Waals surface area contributed by atoms with Gasteiger partial charge in [-0.3, -0.25) is 4.79 Å². The third kappa shape index (κ3) is 2.61. The molecule has 0 bridgehead atoms. The molecule has 0 heterocycles. The van der Waals surface area contributed by atoms with Crippen molar-refractivity contribution in [2.75, 3.05) is 12.9 Å². The molecule has 0 aromatic heterocycles. The number of hydrogen-bond acceptors (Lipinski definition) is 1. The quantitative estimate of drug-likeness (QED) is 0.375. The van der Waals surface area contributed by atoms with Gasteiger partial charge in [0.05, 0.1) is 5.88 Å². The topological polar surface area (TPSA) is 20.3 Å². The highest BCUT2D eigenvalue weighted by atomic mass is 35.5. The van der Waals surface area contributed by atoms with Gasteiger partial charge in [0.2, 0.25) is 10.9 Å². The molecule has 0 N–H and O–H groups in total. The molecule has 0 aromatic carbocycles. The minimum absolute atomic E-state index is 0.00858. The van der Waals surface area contributed by atoms with Crippen LogP contribution in [-0.4, -0.2) is 28.7 Å². The lowest BCUT2D eigenvalue weighted by atomic mass is 10.6. The monoisotopic (exact) mass is 189 g/mol. The fourth-order valence-electron chi connectivity index (χ4n) is 0.171. The summed E-state index contributed by atoms with van der Waals surface area (Å²) in [5.41, 5.74) is 0. The highest BCUT2D eigenvalue weighted by Gasteiger charge is 2.26. The second-order valence-corrected chi connectivity index (χ2v) is 3.23. The molecule has 0 aliphatic carbocycles. The van der Waals surface area contributed by atoms with Crippen LogP contribution in [0.3, 0.4) is 0 Å². The van der Waals surface area contributed by atoms with Crippen molar-refractivity contribution in [2.45, 2.75) is 4.46 Å². The lowest BCUT2D eigenvalue weighted by molar-refractivity contribution is -0.118. The lowest BCUT2D eigenvalue weighted by Gasteiger charge is -2.24. The molecular weight excluding hydrogens is 184 g/mol. The zero-order valence-electron chi connectivity index (χ0n) is 4.77. The van der Waals surface area contributed by atoms with Crippen LogP contribution in [0.4, 0.5) is 0 Å². The maximum Gasteiger partial charge on any atom is 0.211 e. The Labute approximate surface area is 68.7 Å². The van der Waals surface area contributed by atoms with Crippen LogP contribution in [0.5, 0.6) is 0 Å². The maximum absolute atomic E-state index is 10.0. The van der Waals surface area contributed by atoms with E-state index in [0.717, 1.165) is 4.90 Å². The highest BCUT2D eigenvalue weighted by molar-refractivity contribution is 6.51. The van der Waals surface area contributed by atoms with E-state index in [2.05, 4.69) is 0 Å². The molecule has 0 spiro atoms. The Morgan fingerprint density at radius 1 is 1.67 bits per heavy atom. The molecule has 0 aliphatic heterocycles. The first kappa shape index (κ1) is 9.34. The van der Waals surface area contributed by atoms with Crippen molar-refractivity contribution in [1.82, 2.24) is 4.90 Å². The minimum atomic E-state index is -1.27. The third-order valence-electron chi connectivity index (χ3n) is 0.835. The van der Waals surface area contributed by atoms with Crippen LogP contribution in [0.25, 0.3) is 0 Å². The fraction of sp³-hybridized carbons (Fsp3) is 0.750. The summed E-state index contributed by atoms with van der Waals surface area (Å²) >= 11 is 16.3. The molecule has 0 aliphatic rings. The molecule has 0 saturated carbocycles. The molecule has 0 aromatic rings. The SMILES string of the molecule is CN(C=O)C(Cl)(Cl)CCl. The van der Waals surface area contributed by atoms with Gasteiger partial charge in [0.25, 0.3) is 0 Å². The predicted octanol–water partition coefficient (Wildman–Crippen LogP) is 1.44. The molecular formula is C4H6Cl3NO. The van der Waals surface area contributed by atoms with Crippen LogP contribution >= 0.6 is 34.8 Å². The second kappa shape index (κ2) is 3.49. The minimum Gasteiger partial charge on any atom is -0.316 e. The molecule has 0 unspecified atom stereocenters. The molecule has 0 atom stereocenters. The van der Waals surface area contributed by atoms with Crippen LogP contribution in [0.15, 0.2) is 0 Å². The summed E-state index contributed by atoms with van der Waals surface area (Å²) < 4.78 is -1.27. The third-order valence-corrected chi connectivity index (χ3v) is 2.30. The number of carbonyl (C=O) groups excluding carboxylic acids is 1. The number of rotatable bonds is 3. The Balaban J connectivity index is 3.95. The Morgan fingerprint density at radius 3 is 2.22 bits per heavy atom. The van der Waals surface area contributed by atoms with Gasteiger partial charge in [-0.1, -0.05) is 23.2 Å². The van der Waals surface area contributed by atoms with E-state index in [1.165, 1.54) is 7.05 Å². The summed E-state index contributed by atoms with van der Waals surface area (Å²) in [7, 11) is 1.45. The number of nitrogens with zero attached hydrogens (tertiary/aromatic N) is 1. The van der Waals surface area contributed by atoms with Gasteiger partial charge in [-0.15, -0.1) is 11.6 Å². The van der Waals surface area contributed by atoms with Gasteiger partial charge in [0, 0.05) is 7.05 Å². The number of alkyl halides is 3. The first-order valence-corrected chi connectivity index (χ1v) is 3.45. The van der Waals surface area contributed by atoms with Crippen molar-refractivity contribution in [3.8, 4) is 0 Å². The second-order valence-electron chi connectivity index (χ2n) is 1.52. The Hall–Kier alpha value is 0.340. The van der Waals surface area contributed by atoms with Crippen molar-refractivity contribution < 1.29 is 4.79 Å². The van der Waals surface area contributed by atoms with Crippen LogP contribution in [0.2, 0.25) is 0 Å². The number of hydrogen-bond donors (Lipinski definition) is 0.